The molecule has 2 fully saturated rings. The lowest BCUT2D eigenvalue weighted by atomic mass is 9.99. The van der Waals surface area contributed by atoms with Crippen molar-refractivity contribution in [3.8, 4) is 0 Å². The summed E-state index contributed by atoms with van der Waals surface area (Å²) in [5, 5.41) is 0. The van der Waals surface area contributed by atoms with E-state index in [0.717, 1.165) is 6.04 Å². The smallest absolute Gasteiger partial charge is 0.0358 e. The van der Waals surface area contributed by atoms with E-state index in [2.05, 4.69) is 62.8 Å². The summed E-state index contributed by atoms with van der Waals surface area (Å²) in [6.45, 7) is 8.70. The third-order valence-electron chi connectivity index (χ3n) is 6.47. The third-order valence-corrected chi connectivity index (χ3v) is 6.96. The Kier molecular flexibility index (Phi) is 5.01. The Morgan fingerprint density at radius 3 is 2.58 bits per heavy atom. The number of benzene rings is 1. The van der Waals surface area contributed by atoms with E-state index in [1.165, 1.54) is 62.9 Å². The maximum atomic E-state index is 3.67. The van der Waals surface area contributed by atoms with Crippen molar-refractivity contribution in [2.45, 2.75) is 50.7 Å². The lowest BCUT2D eigenvalue weighted by Crippen LogP contribution is -2.56. The summed E-state index contributed by atoms with van der Waals surface area (Å²) in [5.41, 5.74) is 3.14. The second-order valence-corrected chi connectivity index (χ2v) is 8.93. The van der Waals surface area contributed by atoms with Crippen molar-refractivity contribution >= 4 is 15.9 Å². The molecule has 2 unspecified atom stereocenters. The maximum absolute atomic E-state index is 3.67. The monoisotopic (exact) mass is 391 g/mol. The Labute approximate surface area is 155 Å². The van der Waals surface area contributed by atoms with Gasteiger partial charge in [0.1, 0.15) is 0 Å². The van der Waals surface area contributed by atoms with Crippen LogP contribution in [0.25, 0.3) is 0 Å². The Bertz CT molecular complexity index is 582. The van der Waals surface area contributed by atoms with Crippen LogP contribution in [0.5, 0.6) is 0 Å². The van der Waals surface area contributed by atoms with Crippen molar-refractivity contribution in [2.24, 2.45) is 0 Å². The standard InChI is InChI=1S/C20H30BrN3/c1-15-14-23(18-7-9-22(2)10-8-18)11-12-24(15)20-6-4-16-3-5-17(21)13-19(16)20/h3,5,13,15,18,20H,4,6-12,14H2,1-2H3. The van der Waals surface area contributed by atoms with Gasteiger partial charge >= 0.3 is 0 Å². The van der Waals surface area contributed by atoms with Crippen LogP contribution in [0.4, 0.5) is 0 Å². The van der Waals surface area contributed by atoms with Gasteiger partial charge in [-0.2, -0.15) is 0 Å². The maximum Gasteiger partial charge on any atom is 0.0358 e. The normalized spacial score (nSPS) is 30.6. The number of rotatable bonds is 2. The summed E-state index contributed by atoms with van der Waals surface area (Å²) in [4.78, 5) is 8.04. The molecule has 0 radical (unpaired) electrons. The molecule has 2 saturated heterocycles. The minimum atomic E-state index is 0.632. The van der Waals surface area contributed by atoms with E-state index in [1.54, 1.807) is 11.1 Å². The van der Waals surface area contributed by atoms with Gasteiger partial charge in [-0.05, 0) is 76.0 Å². The molecule has 2 heterocycles. The molecule has 1 aliphatic carbocycles. The number of halogens is 1. The Morgan fingerprint density at radius 1 is 1.04 bits per heavy atom. The predicted molar refractivity (Wildman–Crippen MR) is 103 cm³/mol. The SMILES string of the molecule is CC1CN(C2CCN(C)CC2)CCN1C1CCc2ccc(Br)cc21. The highest BCUT2D eigenvalue weighted by atomic mass is 79.9. The molecule has 0 N–H and O–H groups in total. The van der Waals surface area contributed by atoms with Crippen LogP contribution in [0.1, 0.15) is 43.4 Å². The minimum absolute atomic E-state index is 0.632. The second kappa shape index (κ2) is 7.06. The lowest BCUT2D eigenvalue weighted by molar-refractivity contribution is 0.0123. The van der Waals surface area contributed by atoms with Gasteiger partial charge < -0.3 is 4.90 Å². The molecule has 0 spiro atoms. The van der Waals surface area contributed by atoms with E-state index in [1.807, 2.05) is 0 Å². The van der Waals surface area contributed by atoms with Crippen LogP contribution in [0.2, 0.25) is 0 Å². The van der Waals surface area contributed by atoms with E-state index in [4.69, 9.17) is 0 Å². The van der Waals surface area contributed by atoms with Crippen LogP contribution in [-0.2, 0) is 6.42 Å². The van der Waals surface area contributed by atoms with E-state index >= 15 is 0 Å². The van der Waals surface area contributed by atoms with Gasteiger partial charge in [-0.3, -0.25) is 9.80 Å². The zero-order valence-corrected chi connectivity index (χ0v) is 16.6. The van der Waals surface area contributed by atoms with Crippen molar-refractivity contribution in [1.82, 2.24) is 14.7 Å². The largest absolute Gasteiger partial charge is 0.306 e. The van der Waals surface area contributed by atoms with Gasteiger partial charge in [0.05, 0.1) is 0 Å². The number of nitrogens with zero attached hydrogens (tertiary/aromatic N) is 3. The van der Waals surface area contributed by atoms with Gasteiger partial charge in [0.2, 0.25) is 0 Å². The fraction of sp³-hybridized carbons (Fsp3) is 0.700. The van der Waals surface area contributed by atoms with Crippen LogP contribution in [0, 0.1) is 0 Å². The quantitative estimate of drug-likeness (QED) is 0.763. The summed E-state index contributed by atoms with van der Waals surface area (Å²) < 4.78 is 1.23. The first-order chi connectivity index (χ1) is 11.6. The molecule has 24 heavy (non-hydrogen) atoms. The molecule has 4 heteroatoms. The summed E-state index contributed by atoms with van der Waals surface area (Å²) >= 11 is 3.67. The highest BCUT2D eigenvalue weighted by molar-refractivity contribution is 9.10. The topological polar surface area (TPSA) is 9.72 Å². The molecule has 1 aromatic carbocycles. The highest BCUT2D eigenvalue weighted by Gasteiger charge is 2.36. The van der Waals surface area contributed by atoms with Crippen molar-refractivity contribution in [2.75, 3.05) is 39.8 Å². The van der Waals surface area contributed by atoms with Crippen LogP contribution in [0.3, 0.4) is 0 Å². The average molecular weight is 392 g/mol. The van der Waals surface area contributed by atoms with Crippen molar-refractivity contribution in [1.29, 1.82) is 0 Å². The third kappa shape index (κ3) is 3.31. The fourth-order valence-electron chi connectivity index (χ4n) is 5.05. The fourth-order valence-corrected chi connectivity index (χ4v) is 5.43. The molecular formula is C20H30BrN3. The Morgan fingerprint density at radius 2 is 1.83 bits per heavy atom. The number of hydrogen-bond acceptors (Lipinski definition) is 3. The Balaban J connectivity index is 1.42. The van der Waals surface area contributed by atoms with E-state index in [9.17, 15) is 0 Å². The van der Waals surface area contributed by atoms with Gasteiger partial charge in [0.15, 0.2) is 0 Å². The first-order valence-corrected chi connectivity index (χ1v) is 10.4. The molecule has 0 saturated carbocycles. The van der Waals surface area contributed by atoms with Crippen LogP contribution in [-0.4, -0.2) is 66.6 Å². The molecule has 1 aromatic rings. The molecule has 0 bridgehead atoms. The number of piperazine rings is 1. The van der Waals surface area contributed by atoms with E-state index in [-0.39, 0.29) is 0 Å². The molecule has 2 atom stereocenters. The predicted octanol–water partition coefficient (Wildman–Crippen LogP) is 3.54. The van der Waals surface area contributed by atoms with Crippen LogP contribution in [0.15, 0.2) is 22.7 Å². The molecule has 3 aliphatic rings. The van der Waals surface area contributed by atoms with Gasteiger partial charge in [-0.25, -0.2) is 0 Å². The molecule has 2 aliphatic heterocycles. The van der Waals surface area contributed by atoms with Gasteiger partial charge in [0.25, 0.3) is 0 Å². The highest BCUT2D eigenvalue weighted by Crippen LogP contribution is 2.39. The zero-order chi connectivity index (χ0) is 16.7. The minimum Gasteiger partial charge on any atom is -0.306 e. The Hall–Kier alpha value is -0.420. The summed E-state index contributed by atoms with van der Waals surface area (Å²) in [7, 11) is 2.26. The van der Waals surface area contributed by atoms with Crippen LogP contribution >= 0.6 is 15.9 Å². The van der Waals surface area contributed by atoms with Crippen molar-refractivity contribution in [3.63, 3.8) is 0 Å². The first kappa shape index (κ1) is 17.0. The first-order valence-electron chi connectivity index (χ1n) is 9.58. The molecule has 4 rings (SSSR count). The number of fused-ring (bicyclic) bond motifs is 1. The van der Waals surface area contributed by atoms with E-state index in [0.29, 0.717) is 12.1 Å². The number of hydrogen-bond donors (Lipinski definition) is 0. The summed E-state index contributed by atoms with van der Waals surface area (Å²) in [6, 6.07) is 8.99. The number of likely N-dealkylation sites (tertiary alicyclic amines) is 1. The molecule has 0 amide bonds. The number of aryl methyl sites for hydroxylation is 1. The second-order valence-electron chi connectivity index (χ2n) is 8.01. The van der Waals surface area contributed by atoms with Crippen molar-refractivity contribution < 1.29 is 0 Å². The molecular weight excluding hydrogens is 362 g/mol. The zero-order valence-electron chi connectivity index (χ0n) is 15.0. The van der Waals surface area contributed by atoms with E-state index < -0.39 is 0 Å². The lowest BCUT2D eigenvalue weighted by Gasteiger charge is -2.47. The van der Waals surface area contributed by atoms with Crippen LogP contribution < -0.4 is 0 Å². The van der Waals surface area contributed by atoms with Gasteiger partial charge in [0, 0.05) is 42.2 Å². The molecule has 132 valence electrons. The average Bonchev–Trinajstić information content (AvgIpc) is 2.98. The summed E-state index contributed by atoms with van der Waals surface area (Å²) in [5.74, 6) is 0. The number of piperidine rings is 1. The van der Waals surface area contributed by atoms with Gasteiger partial charge in [-0.15, -0.1) is 0 Å². The molecule has 3 nitrogen and oxygen atoms in total. The summed E-state index contributed by atoms with van der Waals surface area (Å²) in [6.07, 6.45) is 5.24. The van der Waals surface area contributed by atoms with Gasteiger partial charge in [-0.1, -0.05) is 22.0 Å². The van der Waals surface area contributed by atoms with Crippen molar-refractivity contribution in [3.05, 3.63) is 33.8 Å². The molecule has 0 aromatic heterocycles.